The van der Waals surface area contributed by atoms with Crippen LogP contribution in [-0.2, 0) is 11.0 Å². The summed E-state index contributed by atoms with van der Waals surface area (Å²) < 4.78 is 40.7. The number of benzene rings is 1. The molecular weight excluding hydrogens is 457 g/mol. The molecular formula is C19H20ClF3N4O5. The molecule has 174 valence electrons. The highest BCUT2D eigenvalue weighted by Crippen LogP contribution is 2.47. The number of aromatic nitrogens is 2. The zero-order valence-electron chi connectivity index (χ0n) is 16.7. The Labute approximate surface area is 184 Å². The second kappa shape index (κ2) is 9.04. The van der Waals surface area contributed by atoms with Gasteiger partial charge in [0.2, 0.25) is 5.91 Å². The van der Waals surface area contributed by atoms with E-state index in [0.29, 0.717) is 12.8 Å². The van der Waals surface area contributed by atoms with E-state index in [4.69, 9.17) is 11.6 Å². The summed E-state index contributed by atoms with van der Waals surface area (Å²) in [6.07, 6.45) is -4.97. The summed E-state index contributed by atoms with van der Waals surface area (Å²) in [7, 11) is 0. The van der Waals surface area contributed by atoms with Gasteiger partial charge in [-0.2, -0.15) is 18.3 Å². The Morgan fingerprint density at radius 2 is 1.97 bits per heavy atom. The zero-order chi connectivity index (χ0) is 23.8. The zero-order valence-corrected chi connectivity index (χ0v) is 17.5. The minimum atomic E-state index is -4.79. The first-order valence-corrected chi connectivity index (χ1v) is 10.0. The van der Waals surface area contributed by atoms with E-state index < -0.39 is 52.5 Å². The van der Waals surface area contributed by atoms with Crippen LogP contribution >= 0.6 is 11.6 Å². The average Bonchev–Trinajstić information content (AvgIpc) is 3.51. The van der Waals surface area contributed by atoms with E-state index in [-0.39, 0.29) is 22.9 Å². The number of carbonyl (C=O) groups is 1. The molecule has 1 fully saturated rings. The molecule has 3 N–H and O–H groups in total. The number of nitro groups is 1. The van der Waals surface area contributed by atoms with E-state index in [1.54, 1.807) is 0 Å². The molecule has 32 heavy (non-hydrogen) atoms. The fraction of sp³-hybridized carbons (Fsp3) is 0.474. The molecule has 0 radical (unpaired) electrons. The molecule has 1 aromatic heterocycles. The van der Waals surface area contributed by atoms with Crippen molar-refractivity contribution in [2.75, 3.05) is 6.61 Å². The van der Waals surface area contributed by atoms with Crippen molar-refractivity contribution in [3.8, 4) is 0 Å². The molecule has 13 heteroatoms. The number of aliphatic hydroxyl groups is 2. The van der Waals surface area contributed by atoms with Crippen LogP contribution in [0.2, 0.25) is 5.02 Å². The predicted molar refractivity (Wildman–Crippen MR) is 106 cm³/mol. The third-order valence-electron chi connectivity index (χ3n) is 5.22. The van der Waals surface area contributed by atoms with Gasteiger partial charge in [0, 0.05) is 18.1 Å². The van der Waals surface area contributed by atoms with Crippen LogP contribution < -0.4 is 5.32 Å². The molecule has 1 aromatic carbocycles. The maximum absolute atomic E-state index is 13.3. The number of aliphatic hydroxyl groups excluding tert-OH is 2. The van der Waals surface area contributed by atoms with E-state index in [1.807, 2.05) is 0 Å². The second-order valence-corrected chi connectivity index (χ2v) is 7.91. The molecule has 1 aliphatic carbocycles. The summed E-state index contributed by atoms with van der Waals surface area (Å²) in [5, 5.41) is 36.3. The van der Waals surface area contributed by atoms with Gasteiger partial charge in [-0.25, -0.2) is 0 Å². The molecule has 1 saturated carbocycles. The maximum atomic E-state index is 13.3. The number of alkyl halides is 3. The Morgan fingerprint density at radius 3 is 2.44 bits per heavy atom. The van der Waals surface area contributed by atoms with E-state index in [0.717, 1.165) is 16.8 Å². The summed E-state index contributed by atoms with van der Waals surface area (Å²) in [6, 6.07) is 2.43. The van der Waals surface area contributed by atoms with Crippen molar-refractivity contribution >= 4 is 23.2 Å². The van der Waals surface area contributed by atoms with Crippen molar-refractivity contribution in [1.29, 1.82) is 0 Å². The van der Waals surface area contributed by atoms with Crippen LogP contribution in [0.15, 0.2) is 24.3 Å². The fourth-order valence-corrected chi connectivity index (χ4v) is 3.68. The van der Waals surface area contributed by atoms with Crippen LogP contribution in [0.1, 0.15) is 54.8 Å². The second-order valence-electron chi connectivity index (χ2n) is 7.53. The lowest BCUT2D eigenvalue weighted by Gasteiger charge is -2.25. The van der Waals surface area contributed by atoms with Gasteiger partial charge in [-0.05, 0) is 37.5 Å². The van der Waals surface area contributed by atoms with Crippen LogP contribution in [0.5, 0.6) is 0 Å². The highest BCUT2D eigenvalue weighted by Gasteiger charge is 2.43. The lowest BCUT2D eigenvalue weighted by Crippen LogP contribution is -2.44. The Kier molecular flexibility index (Phi) is 6.77. The minimum Gasteiger partial charge on any atom is -0.394 e. The number of rotatable bonds is 8. The SMILES string of the molecule is CC(C(=O)NC(CO)C(O)c1ccc([N+](=O)[O-])cc1)n1nc(C(F)(F)F)c(Cl)c1C1CC1. The van der Waals surface area contributed by atoms with Gasteiger partial charge in [0.15, 0.2) is 5.69 Å². The van der Waals surface area contributed by atoms with Crippen molar-refractivity contribution < 1.29 is 33.1 Å². The van der Waals surface area contributed by atoms with E-state index >= 15 is 0 Å². The summed E-state index contributed by atoms with van der Waals surface area (Å²) in [5.74, 6) is -1.03. The first-order chi connectivity index (χ1) is 15.0. The monoisotopic (exact) mass is 476 g/mol. The molecule has 2 aromatic rings. The fourth-order valence-electron chi connectivity index (χ4n) is 3.29. The lowest BCUT2D eigenvalue weighted by atomic mass is 10.0. The third kappa shape index (κ3) is 4.87. The summed E-state index contributed by atoms with van der Waals surface area (Å²) >= 11 is 5.93. The number of halogens is 4. The van der Waals surface area contributed by atoms with Crippen LogP contribution in [0.25, 0.3) is 0 Å². The van der Waals surface area contributed by atoms with E-state index in [9.17, 15) is 38.3 Å². The lowest BCUT2D eigenvalue weighted by molar-refractivity contribution is -0.384. The molecule has 3 rings (SSSR count). The van der Waals surface area contributed by atoms with Gasteiger partial charge in [0.25, 0.3) is 5.69 Å². The third-order valence-corrected chi connectivity index (χ3v) is 5.59. The van der Waals surface area contributed by atoms with Gasteiger partial charge in [-0.1, -0.05) is 11.6 Å². The molecule has 0 spiro atoms. The topological polar surface area (TPSA) is 131 Å². The number of hydrogen-bond donors (Lipinski definition) is 3. The van der Waals surface area contributed by atoms with Gasteiger partial charge in [0.1, 0.15) is 12.1 Å². The molecule has 0 aliphatic heterocycles. The molecule has 3 unspecified atom stereocenters. The minimum absolute atomic E-state index is 0.123. The summed E-state index contributed by atoms with van der Waals surface area (Å²) in [6.45, 7) is 0.636. The van der Waals surface area contributed by atoms with Crippen molar-refractivity contribution in [3.05, 3.63) is 56.4 Å². The van der Waals surface area contributed by atoms with Crippen LogP contribution in [0, 0.1) is 10.1 Å². The van der Waals surface area contributed by atoms with E-state index in [1.165, 1.54) is 19.1 Å². The van der Waals surface area contributed by atoms with Gasteiger partial charge in [0.05, 0.1) is 28.3 Å². The van der Waals surface area contributed by atoms with Crippen LogP contribution in [0.4, 0.5) is 18.9 Å². The number of nitrogens with zero attached hydrogens (tertiary/aromatic N) is 3. The van der Waals surface area contributed by atoms with Crippen molar-refractivity contribution in [1.82, 2.24) is 15.1 Å². The molecule has 0 saturated heterocycles. The van der Waals surface area contributed by atoms with Gasteiger partial charge >= 0.3 is 6.18 Å². The van der Waals surface area contributed by atoms with Crippen LogP contribution in [-0.4, -0.2) is 43.5 Å². The smallest absolute Gasteiger partial charge is 0.394 e. The quantitative estimate of drug-likeness (QED) is 0.396. The molecule has 1 amide bonds. The summed E-state index contributed by atoms with van der Waals surface area (Å²) in [5.41, 5.74) is -1.16. The molecule has 1 heterocycles. The first-order valence-electron chi connectivity index (χ1n) is 9.64. The van der Waals surface area contributed by atoms with Crippen molar-refractivity contribution in [3.63, 3.8) is 0 Å². The van der Waals surface area contributed by atoms with Gasteiger partial charge < -0.3 is 15.5 Å². The molecule has 3 atom stereocenters. The predicted octanol–water partition coefficient (Wildman–Crippen LogP) is 3.11. The normalized spacial score (nSPS) is 17.0. The Hall–Kier alpha value is -2.70. The highest BCUT2D eigenvalue weighted by atomic mass is 35.5. The summed E-state index contributed by atoms with van der Waals surface area (Å²) in [4.78, 5) is 22.9. The average molecular weight is 477 g/mol. The van der Waals surface area contributed by atoms with E-state index in [2.05, 4.69) is 10.4 Å². The number of nitrogens with one attached hydrogen (secondary N) is 1. The number of carbonyl (C=O) groups excluding carboxylic acids is 1. The van der Waals surface area contributed by atoms with Gasteiger partial charge in [-0.3, -0.25) is 19.6 Å². The number of amides is 1. The number of non-ortho nitro benzene ring substituents is 1. The largest absolute Gasteiger partial charge is 0.436 e. The van der Waals surface area contributed by atoms with Crippen molar-refractivity contribution in [2.45, 2.75) is 50.0 Å². The van der Waals surface area contributed by atoms with Crippen molar-refractivity contribution in [2.24, 2.45) is 0 Å². The molecule has 0 bridgehead atoms. The standard InChI is InChI=1S/C19H20ClF3N4O5/c1-9(26-15(10-2-3-10)14(20)17(25-26)19(21,22)23)18(30)24-13(8-28)16(29)11-4-6-12(7-5-11)27(31)32/h4-7,9-10,13,16,28-29H,2-3,8H2,1H3,(H,24,30). The van der Waals surface area contributed by atoms with Crippen LogP contribution in [0.3, 0.4) is 0 Å². The number of nitro benzene ring substituents is 1. The number of hydrogen-bond acceptors (Lipinski definition) is 6. The Morgan fingerprint density at radius 1 is 1.38 bits per heavy atom. The highest BCUT2D eigenvalue weighted by molar-refractivity contribution is 6.32. The molecule has 9 nitrogen and oxygen atoms in total. The molecule has 1 aliphatic rings. The Balaban J connectivity index is 1.80. The van der Waals surface area contributed by atoms with Gasteiger partial charge in [-0.15, -0.1) is 0 Å². The maximum Gasteiger partial charge on any atom is 0.436 e. The Bertz CT molecular complexity index is 1010. The first kappa shape index (κ1) is 24.0.